The summed E-state index contributed by atoms with van der Waals surface area (Å²) in [6, 6.07) is 15.4. The Labute approximate surface area is 168 Å². The van der Waals surface area contributed by atoms with Crippen LogP contribution >= 0.6 is 0 Å². The molecule has 2 amide bonds. The lowest BCUT2D eigenvalue weighted by molar-refractivity contribution is -0.304. The topological polar surface area (TPSA) is 98.8 Å². The van der Waals surface area contributed by atoms with Gasteiger partial charge in [-0.2, -0.15) is 0 Å². The molecule has 2 aromatic rings. The van der Waals surface area contributed by atoms with Crippen LogP contribution in [0.3, 0.4) is 0 Å². The molecule has 0 unspecified atom stereocenters. The van der Waals surface area contributed by atoms with E-state index in [1.54, 1.807) is 0 Å². The van der Waals surface area contributed by atoms with Gasteiger partial charge in [0.05, 0.1) is 12.5 Å². The van der Waals surface area contributed by atoms with Crippen molar-refractivity contribution in [1.82, 2.24) is 10.2 Å². The van der Waals surface area contributed by atoms with Gasteiger partial charge < -0.3 is 20.0 Å². The number of ether oxygens (including phenoxy) is 1. The first-order chi connectivity index (χ1) is 14.1. The van der Waals surface area contributed by atoms with Crippen LogP contribution in [0.1, 0.15) is 29.9 Å². The van der Waals surface area contributed by atoms with E-state index in [0.717, 1.165) is 22.3 Å². The second-order valence-corrected chi connectivity index (χ2v) is 7.25. The van der Waals surface area contributed by atoms with E-state index < -0.39 is 30.6 Å². The zero-order valence-electron chi connectivity index (χ0n) is 15.8. The van der Waals surface area contributed by atoms with Gasteiger partial charge in [0.15, 0.2) is 0 Å². The molecule has 0 radical (unpaired) electrons. The average Bonchev–Trinajstić information content (AvgIpc) is 3.34. The van der Waals surface area contributed by atoms with Gasteiger partial charge in [0.1, 0.15) is 12.6 Å². The molecular formula is C22H21N2O5-. The number of carboxylic acid groups (broad SMARTS) is 1. The van der Waals surface area contributed by atoms with Gasteiger partial charge in [0, 0.05) is 12.5 Å². The van der Waals surface area contributed by atoms with E-state index in [1.165, 1.54) is 4.90 Å². The van der Waals surface area contributed by atoms with Crippen LogP contribution in [-0.2, 0) is 14.3 Å². The average molecular weight is 393 g/mol. The Morgan fingerprint density at radius 1 is 1.03 bits per heavy atom. The first-order valence-electron chi connectivity index (χ1n) is 9.65. The summed E-state index contributed by atoms with van der Waals surface area (Å²) in [6.45, 7) is 0.00465. The maximum absolute atomic E-state index is 12.7. The standard InChI is InChI=1S/C22H22N2O5/c25-20(26)12-23-21(27)19-10-5-11-24(19)22(28)29-13-18-16-8-3-1-6-14(16)15-7-2-4-9-17(15)18/h1-4,6-9,18-19H,5,10-13H2,(H,23,27)(H,25,26)/p-1/t19-/m0/s1. The molecule has 0 aromatic heterocycles. The molecule has 0 saturated carbocycles. The molecule has 2 aromatic carbocycles. The van der Waals surface area contributed by atoms with Gasteiger partial charge in [-0.1, -0.05) is 48.5 Å². The van der Waals surface area contributed by atoms with E-state index in [0.29, 0.717) is 19.4 Å². The van der Waals surface area contributed by atoms with Crippen molar-refractivity contribution in [2.24, 2.45) is 0 Å². The van der Waals surface area contributed by atoms with Gasteiger partial charge in [-0.15, -0.1) is 0 Å². The highest BCUT2D eigenvalue weighted by Gasteiger charge is 2.36. The monoisotopic (exact) mass is 393 g/mol. The third-order valence-electron chi connectivity index (χ3n) is 5.53. The number of nitrogens with zero attached hydrogens (tertiary/aromatic N) is 1. The molecule has 7 nitrogen and oxygen atoms in total. The summed E-state index contributed by atoms with van der Waals surface area (Å²) < 4.78 is 5.61. The minimum atomic E-state index is -1.37. The smallest absolute Gasteiger partial charge is 0.410 e. The zero-order chi connectivity index (χ0) is 20.4. The van der Waals surface area contributed by atoms with E-state index in [9.17, 15) is 19.5 Å². The van der Waals surface area contributed by atoms with E-state index in [4.69, 9.17) is 4.74 Å². The van der Waals surface area contributed by atoms with E-state index in [1.807, 2.05) is 36.4 Å². The van der Waals surface area contributed by atoms with Crippen LogP contribution in [0, 0.1) is 0 Å². The van der Waals surface area contributed by atoms with E-state index in [2.05, 4.69) is 17.4 Å². The molecule has 4 rings (SSSR count). The molecule has 1 N–H and O–H groups in total. The lowest BCUT2D eigenvalue weighted by atomic mass is 9.98. The number of likely N-dealkylation sites (tertiary alicyclic amines) is 1. The quantitative estimate of drug-likeness (QED) is 0.825. The number of rotatable bonds is 5. The molecule has 150 valence electrons. The van der Waals surface area contributed by atoms with Crippen molar-refractivity contribution in [1.29, 1.82) is 0 Å². The second-order valence-electron chi connectivity index (χ2n) is 7.25. The summed E-state index contributed by atoms with van der Waals surface area (Å²) in [4.78, 5) is 36.8. The Morgan fingerprint density at radius 2 is 1.66 bits per heavy atom. The molecule has 29 heavy (non-hydrogen) atoms. The second kappa shape index (κ2) is 7.95. The normalized spacial score (nSPS) is 17.5. The predicted molar refractivity (Wildman–Crippen MR) is 103 cm³/mol. The summed E-state index contributed by atoms with van der Waals surface area (Å²) in [5.41, 5.74) is 4.52. The summed E-state index contributed by atoms with van der Waals surface area (Å²) in [5.74, 6) is -1.93. The highest BCUT2D eigenvalue weighted by Crippen LogP contribution is 2.44. The van der Waals surface area contributed by atoms with Gasteiger partial charge in [-0.05, 0) is 35.1 Å². The number of fused-ring (bicyclic) bond motifs is 3. The third kappa shape index (κ3) is 3.68. The van der Waals surface area contributed by atoms with Crippen molar-refractivity contribution >= 4 is 18.0 Å². The van der Waals surface area contributed by atoms with Crippen molar-refractivity contribution in [2.45, 2.75) is 24.8 Å². The number of carbonyl (C=O) groups excluding carboxylic acids is 3. The van der Waals surface area contributed by atoms with Crippen molar-refractivity contribution in [3.63, 3.8) is 0 Å². The summed E-state index contributed by atoms with van der Waals surface area (Å²) in [7, 11) is 0. The number of benzene rings is 2. The highest BCUT2D eigenvalue weighted by atomic mass is 16.6. The van der Waals surface area contributed by atoms with Gasteiger partial charge in [0.2, 0.25) is 5.91 Å². The Balaban J connectivity index is 1.44. The number of nitrogens with one attached hydrogen (secondary N) is 1. The number of amides is 2. The third-order valence-corrected chi connectivity index (χ3v) is 5.53. The van der Waals surface area contributed by atoms with E-state index >= 15 is 0 Å². The van der Waals surface area contributed by atoms with Crippen molar-refractivity contribution in [3.8, 4) is 11.1 Å². The fourth-order valence-electron chi connectivity index (χ4n) is 4.21. The molecule has 1 fully saturated rings. The predicted octanol–water partition coefficient (Wildman–Crippen LogP) is 1.27. The molecule has 2 aliphatic rings. The van der Waals surface area contributed by atoms with Crippen molar-refractivity contribution in [2.75, 3.05) is 19.7 Å². The van der Waals surface area contributed by atoms with Crippen LogP contribution in [0.5, 0.6) is 0 Å². The highest BCUT2D eigenvalue weighted by molar-refractivity contribution is 5.88. The first-order valence-corrected chi connectivity index (χ1v) is 9.65. The Bertz CT molecular complexity index is 912. The maximum atomic E-state index is 12.7. The van der Waals surface area contributed by atoms with Crippen LogP contribution in [0.25, 0.3) is 11.1 Å². The molecule has 1 heterocycles. The van der Waals surface area contributed by atoms with Crippen LogP contribution < -0.4 is 10.4 Å². The minimum absolute atomic E-state index is 0.0562. The fraction of sp³-hybridized carbons (Fsp3) is 0.318. The lowest BCUT2D eigenvalue weighted by Gasteiger charge is -2.24. The SMILES string of the molecule is O=C([O-])CNC(=O)[C@@H]1CCCN1C(=O)OCC1c2ccccc2-c2ccccc21. The molecule has 0 bridgehead atoms. The van der Waals surface area contributed by atoms with Gasteiger partial charge in [-0.3, -0.25) is 9.69 Å². The van der Waals surface area contributed by atoms with Gasteiger partial charge >= 0.3 is 6.09 Å². The fourth-order valence-corrected chi connectivity index (χ4v) is 4.21. The summed E-state index contributed by atoms with van der Waals surface area (Å²) in [6.07, 6.45) is 0.578. The van der Waals surface area contributed by atoms with E-state index in [-0.39, 0.29) is 12.5 Å². The molecule has 1 aliphatic heterocycles. The largest absolute Gasteiger partial charge is 0.548 e. The lowest BCUT2D eigenvalue weighted by Crippen LogP contribution is -2.48. The molecule has 1 saturated heterocycles. The van der Waals surface area contributed by atoms with Gasteiger partial charge in [0.25, 0.3) is 0 Å². The van der Waals surface area contributed by atoms with Crippen LogP contribution in [0.15, 0.2) is 48.5 Å². The van der Waals surface area contributed by atoms with Crippen LogP contribution in [-0.4, -0.2) is 48.6 Å². The Morgan fingerprint density at radius 3 is 2.28 bits per heavy atom. The van der Waals surface area contributed by atoms with Crippen molar-refractivity contribution < 1.29 is 24.2 Å². The molecule has 1 aliphatic carbocycles. The Kier molecular flexibility index (Phi) is 5.20. The number of aliphatic carboxylic acids is 1. The van der Waals surface area contributed by atoms with Crippen LogP contribution in [0.4, 0.5) is 4.79 Å². The maximum Gasteiger partial charge on any atom is 0.410 e. The van der Waals surface area contributed by atoms with Crippen molar-refractivity contribution in [3.05, 3.63) is 59.7 Å². The molecule has 1 atom stereocenters. The minimum Gasteiger partial charge on any atom is -0.548 e. The molecular weight excluding hydrogens is 372 g/mol. The molecule has 7 heteroatoms. The van der Waals surface area contributed by atoms with Gasteiger partial charge in [-0.25, -0.2) is 4.79 Å². The number of hydrogen-bond acceptors (Lipinski definition) is 5. The zero-order valence-corrected chi connectivity index (χ0v) is 15.8. The van der Waals surface area contributed by atoms with Crippen LogP contribution in [0.2, 0.25) is 0 Å². The Hall–Kier alpha value is -3.35. The summed E-state index contributed by atoms with van der Waals surface area (Å²) >= 11 is 0. The number of carbonyl (C=O) groups is 3. The molecule has 0 spiro atoms. The number of hydrogen-bond donors (Lipinski definition) is 1. The first kappa shape index (κ1) is 19.0. The number of carboxylic acids is 1. The summed E-state index contributed by atoms with van der Waals surface area (Å²) in [5, 5.41) is 12.8.